The van der Waals surface area contributed by atoms with Crippen molar-refractivity contribution in [2.45, 2.75) is 20.4 Å². The van der Waals surface area contributed by atoms with Crippen molar-refractivity contribution in [3.05, 3.63) is 45.2 Å². The van der Waals surface area contributed by atoms with E-state index in [0.29, 0.717) is 6.54 Å². The Kier molecular flexibility index (Phi) is 4.44. The molecule has 1 aromatic heterocycles. The number of nitrogens with zero attached hydrogens (tertiary/aromatic N) is 3. The topological polar surface area (TPSA) is 59.6 Å². The van der Waals surface area contributed by atoms with Gasteiger partial charge in [-0.25, -0.2) is 0 Å². The molecular formula is C14H16BrN3O2. The van der Waals surface area contributed by atoms with Gasteiger partial charge in [-0.05, 0) is 53.5 Å². The second kappa shape index (κ2) is 6.09. The van der Waals surface area contributed by atoms with Crippen molar-refractivity contribution in [3.63, 3.8) is 0 Å². The average molecular weight is 338 g/mol. The molecule has 0 bridgehead atoms. The molecule has 1 heterocycles. The van der Waals surface area contributed by atoms with Crippen molar-refractivity contribution in [1.29, 1.82) is 0 Å². The first-order valence-corrected chi connectivity index (χ1v) is 6.90. The van der Waals surface area contributed by atoms with Crippen molar-refractivity contribution >= 4 is 22.1 Å². The van der Waals surface area contributed by atoms with Crippen LogP contribution in [0.3, 0.4) is 0 Å². The SMILES string of the molecule is COc1ccc(C=NO)cc1Cn1nc(C)c(Br)c1C. The lowest BCUT2D eigenvalue weighted by molar-refractivity contribution is 0.322. The molecule has 0 aliphatic rings. The van der Waals surface area contributed by atoms with E-state index >= 15 is 0 Å². The molecule has 2 rings (SSSR count). The van der Waals surface area contributed by atoms with E-state index in [4.69, 9.17) is 9.94 Å². The number of hydrogen-bond acceptors (Lipinski definition) is 4. The fraction of sp³-hybridized carbons (Fsp3) is 0.286. The highest BCUT2D eigenvalue weighted by atomic mass is 79.9. The van der Waals surface area contributed by atoms with Crippen LogP contribution in [0.2, 0.25) is 0 Å². The number of methoxy groups -OCH3 is 1. The highest BCUT2D eigenvalue weighted by Gasteiger charge is 2.11. The number of halogens is 1. The van der Waals surface area contributed by atoms with Crippen LogP contribution in [0, 0.1) is 13.8 Å². The van der Waals surface area contributed by atoms with Crippen LogP contribution in [0.1, 0.15) is 22.5 Å². The second-order valence-corrected chi connectivity index (χ2v) is 5.25. The molecule has 0 aliphatic carbocycles. The van der Waals surface area contributed by atoms with Gasteiger partial charge in [0.05, 0.1) is 35.7 Å². The Morgan fingerprint density at radius 1 is 1.45 bits per heavy atom. The summed E-state index contributed by atoms with van der Waals surface area (Å²) in [7, 11) is 1.63. The first-order valence-electron chi connectivity index (χ1n) is 6.10. The van der Waals surface area contributed by atoms with Gasteiger partial charge < -0.3 is 9.94 Å². The van der Waals surface area contributed by atoms with Crippen molar-refractivity contribution in [2.75, 3.05) is 7.11 Å². The van der Waals surface area contributed by atoms with Crippen LogP contribution < -0.4 is 4.74 Å². The summed E-state index contributed by atoms with van der Waals surface area (Å²) in [4.78, 5) is 0. The summed E-state index contributed by atoms with van der Waals surface area (Å²) in [5.41, 5.74) is 3.80. The summed E-state index contributed by atoms with van der Waals surface area (Å²) >= 11 is 3.52. The van der Waals surface area contributed by atoms with Crippen LogP contribution in [0.25, 0.3) is 0 Å². The largest absolute Gasteiger partial charge is 0.496 e. The molecule has 106 valence electrons. The van der Waals surface area contributed by atoms with E-state index in [1.807, 2.05) is 36.7 Å². The summed E-state index contributed by atoms with van der Waals surface area (Å²) in [6.07, 6.45) is 1.39. The van der Waals surface area contributed by atoms with Crippen LogP contribution >= 0.6 is 15.9 Å². The lowest BCUT2D eigenvalue weighted by Crippen LogP contribution is -2.06. The highest BCUT2D eigenvalue weighted by molar-refractivity contribution is 9.10. The Balaban J connectivity index is 2.40. The molecule has 1 N–H and O–H groups in total. The minimum absolute atomic E-state index is 0.592. The van der Waals surface area contributed by atoms with Crippen LogP contribution in [0.5, 0.6) is 5.75 Å². The smallest absolute Gasteiger partial charge is 0.123 e. The molecule has 0 fully saturated rings. The van der Waals surface area contributed by atoms with Crippen LogP contribution in [-0.4, -0.2) is 28.3 Å². The maximum atomic E-state index is 8.63. The number of benzene rings is 1. The van der Waals surface area contributed by atoms with Crippen molar-refractivity contribution < 1.29 is 9.94 Å². The molecular weight excluding hydrogens is 322 g/mol. The predicted molar refractivity (Wildman–Crippen MR) is 80.9 cm³/mol. The van der Waals surface area contributed by atoms with E-state index in [-0.39, 0.29) is 0 Å². The number of rotatable bonds is 4. The quantitative estimate of drug-likeness (QED) is 0.529. The first-order chi connectivity index (χ1) is 9.56. The summed E-state index contributed by atoms with van der Waals surface area (Å²) in [5.74, 6) is 0.781. The van der Waals surface area contributed by atoms with Gasteiger partial charge in [0, 0.05) is 5.56 Å². The van der Waals surface area contributed by atoms with Crippen LogP contribution in [-0.2, 0) is 6.54 Å². The summed E-state index contributed by atoms with van der Waals surface area (Å²) < 4.78 is 8.30. The molecule has 0 saturated heterocycles. The minimum Gasteiger partial charge on any atom is -0.496 e. The molecule has 0 aliphatic heterocycles. The maximum Gasteiger partial charge on any atom is 0.123 e. The number of hydrogen-bond donors (Lipinski definition) is 1. The molecule has 6 heteroatoms. The maximum absolute atomic E-state index is 8.63. The Morgan fingerprint density at radius 2 is 2.20 bits per heavy atom. The fourth-order valence-corrected chi connectivity index (χ4v) is 2.34. The molecule has 0 saturated carbocycles. The Morgan fingerprint density at radius 3 is 2.75 bits per heavy atom. The lowest BCUT2D eigenvalue weighted by Gasteiger charge is -2.10. The third-order valence-corrected chi connectivity index (χ3v) is 4.27. The van der Waals surface area contributed by atoms with Gasteiger partial charge in [0.15, 0.2) is 0 Å². The highest BCUT2D eigenvalue weighted by Crippen LogP contribution is 2.24. The van der Waals surface area contributed by atoms with Gasteiger partial charge in [0.2, 0.25) is 0 Å². The average Bonchev–Trinajstić information content (AvgIpc) is 2.67. The second-order valence-electron chi connectivity index (χ2n) is 4.46. The summed E-state index contributed by atoms with van der Waals surface area (Å²) in [5, 5.41) is 16.2. The van der Waals surface area contributed by atoms with Crippen LogP contribution in [0.4, 0.5) is 0 Å². The predicted octanol–water partition coefficient (Wildman–Crippen LogP) is 3.13. The zero-order valence-corrected chi connectivity index (χ0v) is 13.2. The van der Waals surface area contributed by atoms with Gasteiger partial charge in [-0.15, -0.1) is 0 Å². The molecule has 5 nitrogen and oxygen atoms in total. The van der Waals surface area contributed by atoms with E-state index in [2.05, 4.69) is 26.2 Å². The van der Waals surface area contributed by atoms with Gasteiger partial charge in [-0.2, -0.15) is 5.10 Å². The number of oxime groups is 1. The Hall–Kier alpha value is -1.82. The van der Waals surface area contributed by atoms with Gasteiger partial charge in [0.1, 0.15) is 5.75 Å². The van der Waals surface area contributed by atoms with Crippen molar-refractivity contribution in [3.8, 4) is 5.75 Å². The molecule has 0 spiro atoms. The van der Waals surface area contributed by atoms with Crippen molar-refractivity contribution in [2.24, 2.45) is 5.16 Å². The van der Waals surface area contributed by atoms with E-state index in [1.165, 1.54) is 6.21 Å². The number of aromatic nitrogens is 2. The molecule has 0 amide bonds. The van der Waals surface area contributed by atoms with Gasteiger partial charge in [-0.1, -0.05) is 5.16 Å². The first kappa shape index (κ1) is 14.6. The third-order valence-electron chi connectivity index (χ3n) is 3.12. The summed E-state index contributed by atoms with van der Waals surface area (Å²) in [6, 6.07) is 5.61. The summed E-state index contributed by atoms with van der Waals surface area (Å²) in [6.45, 7) is 4.56. The van der Waals surface area contributed by atoms with E-state index < -0.39 is 0 Å². The third kappa shape index (κ3) is 2.85. The van der Waals surface area contributed by atoms with Gasteiger partial charge in [0.25, 0.3) is 0 Å². The lowest BCUT2D eigenvalue weighted by atomic mass is 10.1. The van der Waals surface area contributed by atoms with Gasteiger partial charge >= 0.3 is 0 Å². The zero-order chi connectivity index (χ0) is 14.7. The van der Waals surface area contributed by atoms with Crippen molar-refractivity contribution in [1.82, 2.24) is 9.78 Å². The number of aryl methyl sites for hydroxylation is 1. The molecule has 2 aromatic rings. The molecule has 20 heavy (non-hydrogen) atoms. The molecule has 0 radical (unpaired) electrons. The van der Waals surface area contributed by atoms with Gasteiger partial charge in [-0.3, -0.25) is 4.68 Å². The molecule has 0 atom stereocenters. The van der Waals surface area contributed by atoms with E-state index in [9.17, 15) is 0 Å². The monoisotopic (exact) mass is 337 g/mol. The number of ether oxygens (including phenoxy) is 1. The fourth-order valence-electron chi connectivity index (χ4n) is 2.06. The van der Waals surface area contributed by atoms with E-state index in [1.54, 1.807) is 7.11 Å². The Labute approximate surface area is 126 Å². The van der Waals surface area contributed by atoms with Crippen LogP contribution in [0.15, 0.2) is 27.8 Å². The molecule has 0 unspecified atom stereocenters. The van der Waals surface area contributed by atoms with E-state index in [0.717, 1.165) is 32.7 Å². The normalized spacial score (nSPS) is 11.2. The zero-order valence-electron chi connectivity index (χ0n) is 11.6. The standard InChI is InChI=1S/C14H16BrN3O2/c1-9-14(15)10(2)18(17-9)8-12-6-11(7-16-19)4-5-13(12)20-3/h4-7,19H,8H2,1-3H3. The minimum atomic E-state index is 0.592. The molecule has 1 aromatic carbocycles. The Bertz CT molecular complexity index is 650.